The average Bonchev–Trinajstić information content (AvgIpc) is 3.38. The van der Waals surface area contributed by atoms with E-state index >= 15 is 0 Å². The smallest absolute Gasteiger partial charge is 0.319 e. The van der Waals surface area contributed by atoms with Crippen LogP contribution in [0.15, 0.2) is 66.7 Å². The molecule has 30 heavy (non-hydrogen) atoms. The fraction of sp³-hybridized carbons (Fsp3) is 0.136. The van der Waals surface area contributed by atoms with Crippen molar-refractivity contribution in [2.75, 3.05) is 27.4 Å². The maximum Gasteiger partial charge on any atom is 0.324 e. The van der Waals surface area contributed by atoms with Crippen LogP contribution in [0.1, 0.15) is 22.5 Å². The van der Waals surface area contributed by atoms with Crippen LogP contribution in [-0.2, 0) is 4.79 Å². The molecule has 3 aromatic rings. The van der Waals surface area contributed by atoms with Gasteiger partial charge in [0.25, 0.3) is 5.91 Å². The van der Waals surface area contributed by atoms with Gasteiger partial charge in [-0.05, 0) is 42.8 Å². The van der Waals surface area contributed by atoms with Gasteiger partial charge in [0.15, 0.2) is 0 Å². The molecule has 0 atom stereocenters. The maximum absolute atomic E-state index is 12.7. The second kappa shape index (κ2) is 8.79. The number of nitrogens with one attached hydrogen (secondary N) is 3. The fourth-order valence-corrected chi connectivity index (χ4v) is 4.02. The van der Waals surface area contributed by atoms with Crippen molar-refractivity contribution in [2.24, 2.45) is 0 Å². The van der Waals surface area contributed by atoms with Crippen molar-refractivity contribution >= 4 is 51.2 Å². The topological polar surface area (TPSA) is 90.5 Å². The van der Waals surface area contributed by atoms with Gasteiger partial charge in [-0.15, -0.1) is 11.3 Å². The largest absolute Gasteiger partial charge is 0.324 e. The number of rotatable bonds is 5. The Labute approximate surface area is 177 Å². The van der Waals surface area contributed by atoms with Gasteiger partial charge in [0.1, 0.15) is 0 Å². The Morgan fingerprint density at radius 3 is 2.40 bits per heavy atom. The van der Waals surface area contributed by atoms with Crippen LogP contribution in [0.4, 0.5) is 26.9 Å². The lowest BCUT2D eigenvalue weighted by molar-refractivity contribution is -0.117. The number of para-hydroxylation sites is 3. The van der Waals surface area contributed by atoms with Crippen molar-refractivity contribution in [1.29, 1.82) is 0 Å². The Hall–Kier alpha value is -3.65. The lowest BCUT2D eigenvalue weighted by Crippen LogP contribution is -2.25. The van der Waals surface area contributed by atoms with Crippen LogP contribution < -0.4 is 20.9 Å². The van der Waals surface area contributed by atoms with Crippen LogP contribution in [0, 0.1) is 0 Å². The molecule has 4 amide bonds. The zero-order valence-electron chi connectivity index (χ0n) is 16.1. The zero-order chi connectivity index (χ0) is 20.9. The van der Waals surface area contributed by atoms with Crippen LogP contribution in [-0.4, -0.2) is 24.4 Å². The summed E-state index contributed by atoms with van der Waals surface area (Å²) >= 11 is 1.17. The van der Waals surface area contributed by atoms with Gasteiger partial charge in [0, 0.05) is 18.7 Å². The molecule has 2 heterocycles. The molecule has 0 unspecified atom stereocenters. The van der Waals surface area contributed by atoms with Gasteiger partial charge in [-0.2, -0.15) is 0 Å². The summed E-state index contributed by atoms with van der Waals surface area (Å²) in [6.07, 6.45) is 1.33. The molecule has 3 N–H and O–H groups in total. The molecule has 0 saturated carbocycles. The van der Waals surface area contributed by atoms with E-state index in [-0.39, 0.29) is 17.8 Å². The van der Waals surface area contributed by atoms with E-state index in [9.17, 15) is 14.4 Å². The van der Waals surface area contributed by atoms with E-state index in [1.165, 1.54) is 11.3 Å². The second-order valence-electron chi connectivity index (χ2n) is 6.73. The third kappa shape index (κ3) is 4.49. The molecule has 1 aliphatic heterocycles. The normalized spacial score (nSPS) is 13.2. The van der Waals surface area contributed by atoms with Gasteiger partial charge in [0.05, 0.1) is 21.3 Å². The Bertz CT molecular complexity index is 1080. The standard InChI is InChI=1S/C22H20N4O3S/c27-20-11-6-14-26(20)17-10-5-4-9-16(17)24-21(28)18-12-13-19(30-18)25-22(29)23-15-7-2-1-3-8-15/h1-5,7-10,12-13H,6,11,14H2,(H,24,28)(H2,23,25,29). The SMILES string of the molecule is O=C(Nc1ccccc1)Nc1ccc(C(=O)Nc2ccccc2N2CCCC2=O)s1. The third-order valence-corrected chi connectivity index (χ3v) is 5.61. The van der Waals surface area contributed by atoms with Crippen molar-refractivity contribution in [3.05, 3.63) is 71.6 Å². The Morgan fingerprint density at radius 2 is 1.63 bits per heavy atom. The third-order valence-electron chi connectivity index (χ3n) is 4.61. The molecular weight excluding hydrogens is 400 g/mol. The number of carbonyl (C=O) groups excluding carboxylic acids is 3. The highest BCUT2D eigenvalue weighted by molar-refractivity contribution is 7.18. The molecule has 1 aliphatic rings. The predicted molar refractivity (Wildman–Crippen MR) is 119 cm³/mol. The number of thiophene rings is 1. The first-order valence-electron chi connectivity index (χ1n) is 9.54. The molecule has 1 fully saturated rings. The van der Waals surface area contributed by atoms with Crippen LogP contribution >= 0.6 is 11.3 Å². The molecule has 2 aromatic carbocycles. The van der Waals surface area contributed by atoms with Crippen molar-refractivity contribution in [2.45, 2.75) is 12.8 Å². The van der Waals surface area contributed by atoms with E-state index in [0.29, 0.717) is 39.9 Å². The molecule has 152 valence electrons. The number of hydrogen-bond acceptors (Lipinski definition) is 4. The van der Waals surface area contributed by atoms with Gasteiger partial charge in [0.2, 0.25) is 5.91 Å². The zero-order valence-corrected chi connectivity index (χ0v) is 16.9. The highest BCUT2D eigenvalue weighted by Gasteiger charge is 2.24. The summed E-state index contributed by atoms with van der Waals surface area (Å²) in [7, 11) is 0. The molecule has 4 rings (SSSR count). The molecule has 1 aromatic heterocycles. The van der Waals surface area contributed by atoms with E-state index in [1.807, 2.05) is 36.4 Å². The average molecular weight is 420 g/mol. The summed E-state index contributed by atoms with van der Waals surface area (Å²) in [6.45, 7) is 0.648. The summed E-state index contributed by atoms with van der Waals surface area (Å²) in [4.78, 5) is 39.1. The minimum Gasteiger partial charge on any atom is -0.319 e. The number of nitrogens with zero attached hydrogens (tertiary/aromatic N) is 1. The van der Waals surface area contributed by atoms with Crippen LogP contribution in [0.2, 0.25) is 0 Å². The summed E-state index contributed by atoms with van der Waals surface area (Å²) in [5.41, 5.74) is 1.96. The monoisotopic (exact) mass is 420 g/mol. The minimum atomic E-state index is -0.382. The summed E-state index contributed by atoms with van der Waals surface area (Å²) < 4.78 is 0. The highest BCUT2D eigenvalue weighted by atomic mass is 32.1. The Balaban J connectivity index is 1.41. The summed E-state index contributed by atoms with van der Waals surface area (Å²) in [5, 5.41) is 8.89. The first-order valence-corrected chi connectivity index (χ1v) is 10.4. The Morgan fingerprint density at radius 1 is 0.867 bits per heavy atom. The molecular formula is C22H20N4O3S. The molecule has 7 nitrogen and oxygen atoms in total. The van der Waals surface area contributed by atoms with Crippen LogP contribution in [0.3, 0.4) is 0 Å². The molecule has 0 aliphatic carbocycles. The summed E-state index contributed by atoms with van der Waals surface area (Å²) in [6, 6.07) is 19.3. The number of carbonyl (C=O) groups is 3. The lowest BCUT2D eigenvalue weighted by atomic mass is 10.2. The van der Waals surface area contributed by atoms with Crippen molar-refractivity contribution in [3.63, 3.8) is 0 Å². The van der Waals surface area contributed by atoms with E-state index in [2.05, 4.69) is 16.0 Å². The first kappa shape index (κ1) is 19.7. The highest BCUT2D eigenvalue weighted by Crippen LogP contribution is 2.30. The predicted octanol–water partition coefficient (Wildman–Crippen LogP) is 4.77. The number of amides is 4. The first-order chi connectivity index (χ1) is 14.6. The van der Waals surface area contributed by atoms with Gasteiger partial charge in [-0.25, -0.2) is 4.79 Å². The van der Waals surface area contributed by atoms with Crippen LogP contribution in [0.25, 0.3) is 0 Å². The van der Waals surface area contributed by atoms with Gasteiger partial charge >= 0.3 is 6.03 Å². The van der Waals surface area contributed by atoms with E-state index in [4.69, 9.17) is 0 Å². The second-order valence-corrected chi connectivity index (χ2v) is 7.81. The van der Waals surface area contributed by atoms with Crippen molar-refractivity contribution < 1.29 is 14.4 Å². The summed E-state index contributed by atoms with van der Waals surface area (Å²) in [5.74, 6) is -0.237. The van der Waals surface area contributed by atoms with Crippen molar-refractivity contribution in [3.8, 4) is 0 Å². The molecule has 1 saturated heterocycles. The van der Waals surface area contributed by atoms with Crippen molar-refractivity contribution in [1.82, 2.24) is 0 Å². The minimum absolute atomic E-state index is 0.0590. The quantitative estimate of drug-likeness (QED) is 0.555. The number of hydrogen-bond donors (Lipinski definition) is 3. The number of benzene rings is 2. The van der Waals surface area contributed by atoms with Gasteiger partial charge in [-0.1, -0.05) is 30.3 Å². The van der Waals surface area contributed by atoms with E-state index in [0.717, 1.165) is 6.42 Å². The fourth-order valence-electron chi connectivity index (χ4n) is 3.22. The number of urea groups is 1. The van der Waals surface area contributed by atoms with E-state index in [1.54, 1.807) is 35.2 Å². The number of anilines is 4. The Kier molecular flexibility index (Phi) is 5.76. The van der Waals surface area contributed by atoms with Gasteiger partial charge in [-0.3, -0.25) is 14.9 Å². The van der Waals surface area contributed by atoms with Crippen LogP contribution in [0.5, 0.6) is 0 Å². The molecule has 0 radical (unpaired) electrons. The van der Waals surface area contributed by atoms with Gasteiger partial charge < -0.3 is 15.5 Å². The maximum atomic E-state index is 12.7. The molecule has 0 bridgehead atoms. The molecule has 0 spiro atoms. The van der Waals surface area contributed by atoms with E-state index < -0.39 is 0 Å². The molecule has 8 heteroatoms. The lowest BCUT2D eigenvalue weighted by Gasteiger charge is -2.19.